The molecule has 2 N–H and O–H groups in total. The van der Waals surface area contributed by atoms with Gasteiger partial charge < -0.3 is 10.4 Å². The van der Waals surface area contributed by atoms with Gasteiger partial charge in [-0.05, 0) is 26.8 Å². The maximum absolute atomic E-state index is 12.2. The fourth-order valence-electron chi connectivity index (χ4n) is 1.91. The number of hydrogen-bond donors (Lipinski definition) is 2. The molecule has 0 aromatic carbocycles. The van der Waals surface area contributed by atoms with Crippen LogP contribution in [0.3, 0.4) is 0 Å². The number of nitrogens with one attached hydrogen (secondary N) is 1. The Morgan fingerprint density at radius 1 is 1.48 bits per heavy atom. The number of carboxylic acid groups (broad SMARTS) is 1. The minimum absolute atomic E-state index is 0.0929. The standard InChI is InChI=1S/C13H17N5O3/c1-4-17-8(2)11(7-14-17)15-12(19)9(3)18-6-5-10(16-18)13(20)21/h5-7,9H,4H2,1-3H3,(H,15,19)(H,20,21). The van der Waals surface area contributed by atoms with Gasteiger partial charge >= 0.3 is 5.97 Å². The van der Waals surface area contributed by atoms with E-state index in [-0.39, 0.29) is 11.6 Å². The molecule has 8 heteroatoms. The molecule has 2 aromatic rings. The zero-order chi connectivity index (χ0) is 15.6. The fraction of sp³-hybridized carbons (Fsp3) is 0.385. The summed E-state index contributed by atoms with van der Waals surface area (Å²) in [5.74, 6) is -1.41. The first-order valence-corrected chi connectivity index (χ1v) is 6.55. The van der Waals surface area contributed by atoms with Gasteiger partial charge in [0.1, 0.15) is 6.04 Å². The second kappa shape index (κ2) is 5.78. The van der Waals surface area contributed by atoms with E-state index in [2.05, 4.69) is 15.5 Å². The van der Waals surface area contributed by atoms with Gasteiger partial charge in [0.25, 0.3) is 0 Å². The van der Waals surface area contributed by atoms with Crippen molar-refractivity contribution in [1.82, 2.24) is 19.6 Å². The van der Waals surface area contributed by atoms with E-state index in [1.165, 1.54) is 16.9 Å². The van der Waals surface area contributed by atoms with E-state index in [0.717, 1.165) is 12.2 Å². The summed E-state index contributed by atoms with van der Waals surface area (Å²) in [6.45, 7) is 6.20. The largest absolute Gasteiger partial charge is 0.476 e. The van der Waals surface area contributed by atoms with Crippen LogP contribution in [-0.2, 0) is 11.3 Å². The number of carboxylic acids is 1. The highest BCUT2D eigenvalue weighted by atomic mass is 16.4. The molecule has 0 fully saturated rings. The zero-order valence-corrected chi connectivity index (χ0v) is 12.1. The second-order valence-corrected chi connectivity index (χ2v) is 4.61. The van der Waals surface area contributed by atoms with Gasteiger partial charge in [0.05, 0.1) is 17.6 Å². The molecule has 0 saturated heterocycles. The number of aryl methyl sites for hydroxylation is 1. The molecule has 0 aliphatic carbocycles. The Balaban J connectivity index is 2.11. The number of amides is 1. The van der Waals surface area contributed by atoms with Gasteiger partial charge in [-0.25, -0.2) is 4.79 Å². The summed E-state index contributed by atoms with van der Waals surface area (Å²) in [6.07, 6.45) is 3.06. The Bertz CT molecular complexity index is 673. The van der Waals surface area contributed by atoms with Crippen LogP contribution < -0.4 is 5.32 Å². The number of anilines is 1. The first-order chi connectivity index (χ1) is 9.93. The van der Waals surface area contributed by atoms with Crippen LogP contribution in [0.25, 0.3) is 0 Å². The van der Waals surface area contributed by atoms with Crippen LogP contribution in [-0.4, -0.2) is 36.5 Å². The van der Waals surface area contributed by atoms with Crippen LogP contribution >= 0.6 is 0 Å². The summed E-state index contributed by atoms with van der Waals surface area (Å²) in [6, 6.07) is 0.731. The van der Waals surface area contributed by atoms with Crippen molar-refractivity contribution >= 4 is 17.6 Å². The Morgan fingerprint density at radius 2 is 2.19 bits per heavy atom. The molecule has 2 rings (SSSR count). The lowest BCUT2D eigenvalue weighted by atomic mass is 10.3. The van der Waals surface area contributed by atoms with Gasteiger partial charge in [0.15, 0.2) is 5.69 Å². The number of aromatic carboxylic acids is 1. The summed E-state index contributed by atoms with van der Waals surface area (Å²) in [5, 5.41) is 19.6. The Morgan fingerprint density at radius 3 is 2.71 bits per heavy atom. The first kappa shape index (κ1) is 14.8. The van der Waals surface area contributed by atoms with Crippen LogP contribution in [0.2, 0.25) is 0 Å². The fourth-order valence-corrected chi connectivity index (χ4v) is 1.91. The van der Waals surface area contributed by atoms with Gasteiger partial charge in [0, 0.05) is 12.7 Å². The van der Waals surface area contributed by atoms with E-state index in [9.17, 15) is 9.59 Å². The molecule has 0 aliphatic rings. The normalized spacial score (nSPS) is 12.1. The quantitative estimate of drug-likeness (QED) is 0.864. The third kappa shape index (κ3) is 2.93. The van der Waals surface area contributed by atoms with E-state index in [1.54, 1.807) is 17.8 Å². The lowest BCUT2D eigenvalue weighted by Gasteiger charge is -2.12. The minimum Gasteiger partial charge on any atom is -0.476 e. The molecular weight excluding hydrogens is 274 g/mol. The Labute approximate surface area is 121 Å². The first-order valence-electron chi connectivity index (χ1n) is 6.55. The van der Waals surface area contributed by atoms with Crippen molar-refractivity contribution in [2.45, 2.75) is 33.4 Å². The van der Waals surface area contributed by atoms with Crippen molar-refractivity contribution in [3.8, 4) is 0 Å². The highest BCUT2D eigenvalue weighted by Gasteiger charge is 2.19. The van der Waals surface area contributed by atoms with Crippen molar-refractivity contribution < 1.29 is 14.7 Å². The molecule has 8 nitrogen and oxygen atoms in total. The molecule has 21 heavy (non-hydrogen) atoms. The van der Waals surface area contributed by atoms with Gasteiger partial charge in [-0.15, -0.1) is 0 Å². The number of aromatic nitrogens is 4. The molecule has 2 heterocycles. The number of rotatable bonds is 5. The van der Waals surface area contributed by atoms with Crippen molar-refractivity contribution in [3.63, 3.8) is 0 Å². The van der Waals surface area contributed by atoms with E-state index in [1.807, 2.05) is 13.8 Å². The maximum Gasteiger partial charge on any atom is 0.356 e. The smallest absolute Gasteiger partial charge is 0.356 e. The number of nitrogens with zero attached hydrogens (tertiary/aromatic N) is 4. The van der Waals surface area contributed by atoms with Crippen LogP contribution in [0.5, 0.6) is 0 Å². The predicted octanol–water partition coefficient (Wildman–Crippen LogP) is 1.31. The van der Waals surface area contributed by atoms with Crippen molar-refractivity contribution in [2.24, 2.45) is 0 Å². The molecule has 2 aromatic heterocycles. The van der Waals surface area contributed by atoms with E-state index in [4.69, 9.17) is 5.11 Å². The minimum atomic E-state index is -1.12. The lowest BCUT2D eigenvalue weighted by molar-refractivity contribution is -0.119. The molecule has 0 aliphatic heterocycles. The molecule has 0 spiro atoms. The summed E-state index contributed by atoms with van der Waals surface area (Å²) in [7, 11) is 0. The number of carbonyl (C=O) groups excluding carboxylic acids is 1. The highest BCUT2D eigenvalue weighted by Crippen LogP contribution is 2.16. The molecule has 112 valence electrons. The van der Waals surface area contributed by atoms with Gasteiger partial charge in [-0.2, -0.15) is 10.2 Å². The highest BCUT2D eigenvalue weighted by molar-refractivity contribution is 5.94. The number of carbonyl (C=O) groups is 2. The molecule has 1 amide bonds. The lowest BCUT2D eigenvalue weighted by Crippen LogP contribution is -2.24. The van der Waals surface area contributed by atoms with Crippen LogP contribution in [0, 0.1) is 6.92 Å². The van der Waals surface area contributed by atoms with Crippen molar-refractivity contribution in [2.75, 3.05) is 5.32 Å². The van der Waals surface area contributed by atoms with Crippen molar-refractivity contribution in [1.29, 1.82) is 0 Å². The van der Waals surface area contributed by atoms with E-state index < -0.39 is 12.0 Å². The van der Waals surface area contributed by atoms with Gasteiger partial charge in [-0.3, -0.25) is 14.2 Å². The molecule has 1 atom stereocenters. The van der Waals surface area contributed by atoms with Crippen LogP contribution in [0.15, 0.2) is 18.5 Å². The average Bonchev–Trinajstić information content (AvgIpc) is 3.06. The predicted molar refractivity (Wildman–Crippen MR) is 75.2 cm³/mol. The molecule has 0 saturated carbocycles. The van der Waals surface area contributed by atoms with Crippen LogP contribution in [0.4, 0.5) is 5.69 Å². The maximum atomic E-state index is 12.2. The summed E-state index contributed by atoms with van der Waals surface area (Å²) in [4.78, 5) is 23.0. The van der Waals surface area contributed by atoms with E-state index >= 15 is 0 Å². The second-order valence-electron chi connectivity index (χ2n) is 4.61. The third-order valence-electron chi connectivity index (χ3n) is 3.26. The topological polar surface area (TPSA) is 102 Å². The molecule has 1 unspecified atom stereocenters. The summed E-state index contributed by atoms with van der Waals surface area (Å²) < 4.78 is 3.09. The molecule has 0 radical (unpaired) electrons. The SMILES string of the molecule is CCn1ncc(NC(=O)C(C)n2ccc(C(=O)O)n2)c1C. The third-order valence-corrected chi connectivity index (χ3v) is 3.26. The average molecular weight is 291 g/mol. The zero-order valence-electron chi connectivity index (χ0n) is 12.1. The van der Waals surface area contributed by atoms with Gasteiger partial charge in [0.2, 0.25) is 5.91 Å². The van der Waals surface area contributed by atoms with Crippen LogP contribution in [0.1, 0.15) is 36.1 Å². The summed E-state index contributed by atoms with van der Waals surface area (Å²) in [5.41, 5.74) is 1.41. The van der Waals surface area contributed by atoms with Crippen molar-refractivity contribution in [3.05, 3.63) is 29.8 Å². The van der Waals surface area contributed by atoms with Gasteiger partial charge in [-0.1, -0.05) is 0 Å². The summed E-state index contributed by atoms with van der Waals surface area (Å²) >= 11 is 0. The number of hydrogen-bond acceptors (Lipinski definition) is 4. The molecular formula is C13H17N5O3. The Kier molecular flexibility index (Phi) is 4.06. The monoisotopic (exact) mass is 291 g/mol. The van der Waals surface area contributed by atoms with E-state index in [0.29, 0.717) is 5.69 Å². The molecule has 0 bridgehead atoms. The Hall–Kier alpha value is -2.64.